The molecule has 13 aromatic rings. The minimum Gasteiger partial charge on any atom is -0.464 e. The van der Waals surface area contributed by atoms with E-state index in [1.165, 1.54) is 42.7 Å². The molecule has 608 valence electrons. The topological polar surface area (TPSA) is 220 Å². The first-order valence-corrected chi connectivity index (χ1v) is 44.6. The van der Waals surface area contributed by atoms with Crippen LogP contribution in [0.1, 0.15) is 106 Å². The van der Waals surface area contributed by atoms with Crippen LogP contribution in [0.5, 0.6) is 46.0 Å². The lowest BCUT2D eigenvalue weighted by molar-refractivity contribution is -0.149. The lowest BCUT2D eigenvalue weighted by atomic mass is 9.80. The molecule has 0 radical (unpaired) electrons. The molecule has 0 spiro atoms. The summed E-state index contributed by atoms with van der Waals surface area (Å²) in [5.41, 5.74) is 7.25. The highest BCUT2D eigenvalue weighted by Gasteiger charge is 2.49. The van der Waals surface area contributed by atoms with Gasteiger partial charge >= 0.3 is 29.5 Å². The summed E-state index contributed by atoms with van der Waals surface area (Å²) in [6, 6.07) is 73.2. The molecule has 2 atom stereocenters. The summed E-state index contributed by atoms with van der Waals surface area (Å²) >= 11 is 0. The minimum atomic E-state index is -3.33. The van der Waals surface area contributed by atoms with Gasteiger partial charge in [-0.05, 0) is 142 Å². The van der Waals surface area contributed by atoms with Crippen LogP contribution in [0.15, 0.2) is 243 Å². The Morgan fingerprint density at radius 2 is 0.533 bits per heavy atom. The zero-order valence-electron chi connectivity index (χ0n) is 67.5. The normalized spacial score (nSPS) is 15.0. The molecule has 120 heavy (non-hydrogen) atoms. The van der Waals surface area contributed by atoms with Crippen LogP contribution in [0.25, 0.3) is 87.6 Å². The van der Waals surface area contributed by atoms with Crippen molar-refractivity contribution in [1.29, 1.82) is 0 Å². The van der Waals surface area contributed by atoms with Gasteiger partial charge in [0.25, 0.3) is 23.6 Å². The van der Waals surface area contributed by atoms with Gasteiger partial charge in [0, 0.05) is 85.7 Å². The Bertz CT molecular complexity index is 5300. The molecule has 17 rings (SSSR count). The quantitative estimate of drug-likeness (QED) is 0.0126. The van der Waals surface area contributed by atoms with Gasteiger partial charge in [0.15, 0.2) is 0 Å². The summed E-state index contributed by atoms with van der Waals surface area (Å²) < 4.78 is 76.7. The third-order valence-electron chi connectivity index (χ3n) is 24.1. The molecule has 4 amide bonds. The Hall–Kier alpha value is -12.2. The molecule has 4 aliphatic rings. The van der Waals surface area contributed by atoms with E-state index in [4.69, 9.17) is 55.0 Å². The van der Waals surface area contributed by atoms with E-state index in [1.54, 1.807) is 24.3 Å². The fourth-order valence-electron chi connectivity index (χ4n) is 17.9. The fourth-order valence-corrected chi connectivity index (χ4v) is 20.8. The first-order chi connectivity index (χ1) is 58.6. The van der Waals surface area contributed by atoms with Crippen LogP contribution in [0.3, 0.4) is 0 Å². The second-order valence-corrected chi connectivity index (χ2v) is 37.0. The maximum atomic E-state index is 16.9. The molecule has 20 nitrogen and oxygen atoms in total. The van der Waals surface area contributed by atoms with Crippen molar-refractivity contribution in [1.82, 2.24) is 9.80 Å². The van der Waals surface area contributed by atoms with E-state index >= 15 is 28.8 Å². The molecule has 13 aromatic carbocycles. The van der Waals surface area contributed by atoms with Gasteiger partial charge in [-0.15, -0.1) is 0 Å². The van der Waals surface area contributed by atoms with E-state index < -0.39 is 65.3 Å². The van der Waals surface area contributed by atoms with Gasteiger partial charge in [0.2, 0.25) is 0 Å². The Morgan fingerprint density at radius 1 is 0.308 bits per heavy atom. The van der Waals surface area contributed by atoms with E-state index in [9.17, 15) is 0 Å². The van der Waals surface area contributed by atoms with Crippen LogP contribution >= 0.6 is 0 Å². The maximum absolute atomic E-state index is 16.9. The van der Waals surface area contributed by atoms with Crippen molar-refractivity contribution in [2.24, 2.45) is 11.8 Å². The summed E-state index contributed by atoms with van der Waals surface area (Å²) in [6.07, 6.45) is 6.72. The smallest absolute Gasteiger partial charge is 0.464 e. The second kappa shape index (κ2) is 34.6. The Balaban J connectivity index is 0.974. The predicted octanol–water partition coefficient (Wildman–Crippen LogP) is 21.5. The number of rotatable bonds is 32. The second-order valence-electron chi connectivity index (χ2n) is 30.8. The number of esters is 2. The number of carbonyl (C=O) groups is 6. The highest BCUT2D eigenvalue weighted by atomic mass is 28.4. The van der Waals surface area contributed by atoms with Crippen molar-refractivity contribution >= 4 is 96.3 Å². The average molecular weight is 1640 g/mol. The standard InChI is InChI=1S/C98H90N2O18Si2/c1-107-119(108-2,109-3)53-51-113-97(105)79(55-61-23-19-20-24-61)99-93(101)75-57-81(115-71-43-35-67(36-44-71)63-27-11-7-12-28-63)87-89-83(117-73-47-39-69(40-48-73)65-31-15-9-16-32-65)59-77-86-78(96(104)100(95(77)103)80(56-62-25-21-22-26-62)98(106)114-52-54-120(110-4,111-5)112-6)60-84(118-74-49-41-70(42-50-74)66-33-17-10-18-34-66)90(92(86)89)88-82(58-76(94(99)102)85(75)91(87)88)116-72-45-37-68(38-46-72)64-29-13-8-14-30-64/h7-18,27-50,57-62,79-80H,19-26,51-56H2,1-6H3. The molecule has 0 bridgehead atoms. The average Bonchev–Trinajstić information content (AvgIpc) is 0.742. The van der Waals surface area contributed by atoms with Gasteiger partial charge in [0.1, 0.15) is 58.1 Å². The minimum absolute atomic E-state index is 0.0130. The zero-order valence-corrected chi connectivity index (χ0v) is 69.5. The summed E-state index contributed by atoms with van der Waals surface area (Å²) in [4.78, 5) is 100. The van der Waals surface area contributed by atoms with Crippen molar-refractivity contribution in [3.63, 3.8) is 0 Å². The molecule has 2 heterocycles. The van der Waals surface area contributed by atoms with Crippen LogP contribution in [0, 0.1) is 11.8 Å². The zero-order chi connectivity index (χ0) is 82.8. The Labute approximate surface area is 697 Å². The summed E-state index contributed by atoms with van der Waals surface area (Å²) in [5.74, 6) is -3.48. The van der Waals surface area contributed by atoms with Crippen molar-refractivity contribution in [2.75, 3.05) is 55.9 Å². The van der Waals surface area contributed by atoms with Crippen molar-refractivity contribution in [3.05, 3.63) is 265 Å². The fraction of sp³-hybridized carbons (Fsp3) is 0.245. The van der Waals surface area contributed by atoms with Gasteiger partial charge < -0.3 is 55.0 Å². The van der Waals surface area contributed by atoms with Gasteiger partial charge in [-0.3, -0.25) is 29.0 Å². The third-order valence-corrected chi connectivity index (χ3v) is 29.5. The molecule has 22 heteroatoms. The van der Waals surface area contributed by atoms with Crippen molar-refractivity contribution in [2.45, 2.75) is 88.4 Å². The summed E-state index contributed by atoms with van der Waals surface area (Å²) in [6.45, 7) is -0.443. The van der Waals surface area contributed by atoms with Gasteiger partial charge in [-0.2, -0.15) is 0 Å². The largest absolute Gasteiger partial charge is 0.503 e. The van der Waals surface area contributed by atoms with E-state index in [2.05, 4.69) is 0 Å². The molecule has 0 saturated heterocycles. The molecule has 2 unspecified atom stereocenters. The molecule has 0 N–H and O–H groups in total. The van der Waals surface area contributed by atoms with Crippen molar-refractivity contribution in [3.8, 4) is 90.5 Å². The molecule has 0 aromatic heterocycles. The van der Waals surface area contributed by atoms with Gasteiger partial charge in [-0.1, -0.05) is 221 Å². The number of carbonyl (C=O) groups excluding carboxylic acids is 6. The number of fused-ring (bicyclic) bond motifs is 2. The van der Waals surface area contributed by atoms with Crippen LogP contribution in [0.4, 0.5) is 0 Å². The highest BCUT2D eigenvalue weighted by molar-refractivity contribution is 6.61. The number of benzene rings is 13. The Kier molecular flexibility index (Phi) is 23.1. The number of imide groups is 2. The summed E-state index contributed by atoms with van der Waals surface area (Å²) in [7, 11) is 2.14. The van der Waals surface area contributed by atoms with Gasteiger partial charge in [0.05, 0.1) is 47.6 Å². The third kappa shape index (κ3) is 15.5. The van der Waals surface area contributed by atoms with E-state index in [0.29, 0.717) is 23.0 Å². The van der Waals surface area contributed by atoms with Crippen LogP contribution < -0.4 is 18.9 Å². The number of hydrogen-bond donors (Lipinski definition) is 0. The molecule has 2 saturated carbocycles. The maximum Gasteiger partial charge on any atom is 0.503 e. The molecular formula is C98H90N2O18Si2. The molecule has 2 aliphatic heterocycles. The predicted molar refractivity (Wildman–Crippen MR) is 462 cm³/mol. The number of nitrogens with zero attached hydrogens (tertiary/aromatic N) is 2. The SMILES string of the molecule is CO[Si](CCOC(=O)C(CC1CCCC1)N1C(=O)c2cc(Oc3ccc(-c4ccccc4)cc3)c3c4c(Oc5ccc(-c6ccccc6)cc5)cc5c6c(cc(Oc7ccc(-c8ccccc8)cc7)c(c7c(Oc8ccc(-c9ccccc9)cc8)cc(c2c37)C1=O)c64)C(=O)N(C(CC1CCCC1)C(=O)OCC[Si](OC)(OC)OC)C5=O)(OC)OC. The van der Waals surface area contributed by atoms with E-state index in [1.807, 2.05) is 218 Å². The Morgan fingerprint density at radius 3 is 0.758 bits per heavy atom. The molecule has 2 fully saturated rings. The first-order valence-electron chi connectivity index (χ1n) is 40.7. The number of ether oxygens (including phenoxy) is 6. The molecular weight excluding hydrogens is 1550 g/mol. The monoisotopic (exact) mass is 1640 g/mol. The van der Waals surface area contributed by atoms with Crippen LogP contribution in [0.2, 0.25) is 12.1 Å². The van der Waals surface area contributed by atoms with E-state index in [-0.39, 0.29) is 138 Å². The summed E-state index contributed by atoms with van der Waals surface area (Å²) in [5, 5.41) is 1.89. The van der Waals surface area contributed by atoms with Crippen LogP contribution in [-0.2, 0) is 45.6 Å². The lowest BCUT2D eigenvalue weighted by Crippen LogP contribution is -2.52. The highest BCUT2D eigenvalue weighted by Crippen LogP contribution is 2.59. The van der Waals surface area contributed by atoms with Gasteiger partial charge in [-0.25, -0.2) is 9.59 Å². The number of hydrogen-bond acceptors (Lipinski definition) is 18. The lowest BCUT2D eigenvalue weighted by Gasteiger charge is -2.36. The van der Waals surface area contributed by atoms with E-state index in [0.717, 1.165) is 106 Å². The van der Waals surface area contributed by atoms with Crippen molar-refractivity contribution < 1.29 is 83.7 Å². The number of amides is 4. The molecule has 2 aliphatic carbocycles. The van der Waals surface area contributed by atoms with Crippen LogP contribution in [-0.4, -0.2) is 131 Å². The first kappa shape index (κ1) is 80.2.